The number of aromatic nitrogens is 1. The van der Waals surface area contributed by atoms with Gasteiger partial charge in [0.15, 0.2) is 0 Å². The molecule has 0 aliphatic carbocycles. The van der Waals surface area contributed by atoms with Crippen LogP contribution in [0.4, 0.5) is 0 Å². The maximum absolute atomic E-state index is 8.83. The van der Waals surface area contributed by atoms with Gasteiger partial charge in [-0.2, -0.15) is 0 Å². The SMILES string of the molecule is OCc1ccc(Oc2nccs2)cc1. The van der Waals surface area contributed by atoms with Gasteiger partial charge in [-0.3, -0.25) is 0 Å². The minimum atomic E-state index is 0.0531. The van der Waals surface area contributed by atoms with Crippen molar-refractivity contribution in [1.29, 1.82) is 0 Å². The lowest BCUT2D eigenvalue weighted by Crippen LogP contribution is -1.85. The van der Waals surface area contributed by atoms with E-state index < -0.39 is 0 Å². The third kappa shape index (κ3) is 2.10. The number of nitrogens with zero attached hydrogens (tertiary/aromatic N) is 1. The molecule has 0 fully saturated rings. The predicted molar refractivity (Wildman–Crippen MR) is 54.6 cm³/mol. The highest BCUT2D eigenvalue weighted by molar-refractivity contribution is 7.11. The van der Waals surface area contributed by atoms with Gasteiger partial charge in [0, 0.05) is 11.6 Å². The van der Waals surface area contributed by atoms with Crippen LogP contribution in [0.15, 0.2) is 35.8 Å². The van der Waals surface area contributed by atoms with Crippen molar-refractivity contribution in [3.8, 4) is 10.9 Å². The number of benzene rings is 1. The van der Waals surface area contributed by atoms with Crippen molar-refractivity contribution >= 4 is 11.3 Å². The molecule has 0 bridgehead atoms. The number of hydrogen-bond acceptors (Lipinski definition) is 4. The van der Waals surface area contributed by atoms with Crippen molar-refractivity contribution in [1.82, 2.24) is 4.98 Å². The van der Waals surface area contributed by atoms with Gasteiger partial charge < -0.3 is 9.84 Å². The zero-order valence-corrected chi connectivity index (χ0v) is 8.20. The first-order valence-corrected chi connectivity index (χ1v) is 5.03. The van der Waals surface area contributed by atoms with E-state index in [1.165, 1.54) is 11.3 Å². The van der Waals surface area contributed by atoms with Crippen LogP contribution in [0, 0.1) is 0 Å². The van der Waals surface area contributed by atoms with Gasteiger partial charge in [0.05, 0.1) is 6.61 Å². The third-order valence-electron chi connectivity index (χ3n) is 1.72. The van der Waals surface area contributed by atoms with Gasteiger partial charge in [0.1, 0.15) is 5.75 Å². The van der Waals surface area contributed by atoms with Gasteiger partial charge in [0.2, 0.25) is 0 Å². The second-order valence-corrected chi connectivity index (χ2v) is 3.56. The molecule has 0 saturated heterocycles. The molecule has 1 N–H and O–H groups in total. The van der Waals surface area contributed by atoms with Crippen LogP contribution in [0.5, 0.6) is 10.9 Å². The minimum absolute atomic E-state index is 0.0531. The summed E-state index contributed by atoms with van der Waals surface area (Å²) in [5.74, 6) is 0.733. The topological polar surface area (TPSA) is 42.4 Å². The van der Waals surface area contributed by atoms with Gasteiger partial charge in [-0.05, 0) is 17.7 Å². The molecule has 2 rings (SSSR count). The molecule has 4 heteroatoms. The molecule has 3 nitrogen and oxygen atoms in total. The Kier molecular flexibility index (Phi) is 2.76. The van der Waals surface area contributed by atoms with Crippen LogP contribution in [0.2, 0.25) is 0 Å². The summed E-state index contributed by atoms with van der Waals surface area (Å²) < 4.78 is 5.44. The summed E-state index contributed by atoms with van der Waals surface area (Å²) >= 11 is 1.44. The summed E-state index contributed by atoms with van der Waals surface area (Å²) in [6, 6.07) is 7.27. The Labute approximate surface area is 85.6 Å². The lowest BCUT2D eigenvalue weighted by atomic mass is 10.2. The molecule has 0 atom stereocenters. The summed E-state index contributed by atoms with van der Waals surface area (Å²) in [6.45, 7) is 0.0531. The molecule has 0 spiro atoms. The second-order valence-electron chi connectivity index (χ2n) is 2.70. The van der Waals surface area contributed by atoms with Crippen LogP contribution in [-0.2, 0) is 6.61 Å². The monoisotopic (exact) mass is 207 g/mol. The number of thiazole rings is 1. The second kappa shape index (κ2) is 4.21. The molecule has 0 radical (unpaired) electrons. The fourth-order valence-corrected chi connectivity index (χ4v) is 1.53. The number of aliphatic hydroxyl groups excluding tert-OH is 1. The average molecular weight is 207 g/mol. The van der Waals surface area contributed by atoms with Crippen molar-refractivity contribution < 1.29 is 9.84 Å². The van der Waals surface area contributed by atoms with Gasteiger partial charge in [-0.25, -0.2) is 4.98 Å². The Morgan fingerprint density at radius 3 is 2.64 bits per heavy atom. The fourth-order valence-electron chi connectivity index (χ4n) is 1.02. The maximum Gasteiger partial charge on any atom is 0.278 e. The highest BCUT2D eigenvalue weighted by Crippen LogP contribution is 2.23. The molecule has 2 aromatic rings. The first-order chi connectivity index (χ1) is 6.88. The lowest BCUT2D eigenvalue weighted by molar-refractivity contribution is 0.281. The number of hydrogen-bond donors (Lipinski definition) is 1. The molecule has 0 aliphatic heterocycles. The van der Waals surface area contributed by atoms with Crippen molar-refractivity contribution in [2.75, 3.05) is 0 Å². The van der Waals surface area contributed by atoms with Crippen LogP contribution in [0.25, 0.3) is 0 Å². The molecule has 1 heterocycles. The van der Waals surface area contributed by atoms with Crippen LogP contribution < -0.4 is 4.74 Å². The third-order valence-corrected chi connectivity index (χ3v) is 2.37. The Morgan fingerprint density at radius 1 is 1.29 bits per heavy atom. The van der Waals surface area contributed by atoms with E-state index in [4.69, 9.17) is 9.84 Å². The first kappa shape index (κ1) is 9.18. The number of ether oxygens (including phenoxy) is 1. The summed E-state index contributed by atoms with van der Waals surface area (Å²) in [7, 11) is 0. The molecule has 0 aliphatic rings. The predicted octanol–water partition coefficient (Wildman–Crippen LogP) is 2.43. The van der Waals surface area contributed by atoms with Crippen LogP contribution in [-0.4, -0.2) is 10.1 Å². The van der Waals surface area contributed by atoms with Crippen molar-refractivity contribution in [3.05, 3.63) is 41.4 Å². The smallest absolute Gasteiger partial charge is 0.278 e. The fraction of sp³-hybridized carbons (Fsp3) is 0.100. The van der Waals surface area contributed by atoms with E-state index in [1.54, 1.807) is 6.20 Å². The van der Waals surface area contributed by atoms with E-state index in [9.17, 15) is 0 Å². The van der Waals surface area contributed by atoms with E-state index in [0.29, 0.717) is 5.19 Å². The van der Waals surface area contributed by atoms with Crippen LogP contribution in [0.3, 0.4) is 0 Å². The van der Waals surface area contributed by atoms with Gasteiger partial charge in [-0.1, -0.05) is 23.5 Å². The molecule has 72 valence electrons. The maximum atomic E-state index is 8.83. The molecule has 0 unspecified atom stereocenters. The summed E-state index contributed by atoms with van der Waals surface area (Å²) in [6.07, 6.45) is 1.70. The Morgan fingerprint density at radius 2 is 2.07 bits per heavy atom. The van der Waals surface area contributed by atoms with Crippen LogP contribution >= 0.6 is 11.3 Å². The number of aliphatic hydroxyl groups is 1. The van der Waals surface area contributed by atoms with E-state index in [1.807, 2.05) is 29.6 Å². The first-order valence-electron chi connectivity index (χ1n) is 4.15. The molecule has 1 aromatic heterocycles. The quantitative estimate of drug-likeness (QED) is 0.840. The molecule has 0 saturated carbocycles. The van der Waals surface area contributed by atoms with Gasteiger partial charge in [-0.15, -0.1) is 0 Å². The lowest BCUT2D eigenvalue weighted by Gasteiger charge is -2.01. The summed E-state index contributed by atoms with van der Waals surface area (Å²) in [4.78, 5) is 4.00. The highest BCUT2D eigenvalue weighted by atomic mass is 32.1. The summed E-state index contributed by atoms with van der Waals surface area (Å²) in [5, 5.41) is 11.3. The Balaban J connectivity index is 2.10. The number of rotatable bonds is 3. The minimum Gasteiger partial charge on any atom is -0.431 e. The van der Waals surface area contributed by atoms with E-state index in [-0.39, 0.29) is 6.61 Å². The largest absolute Gasteiger partial charge is 0.431 e. The molecular formula is C10H9NO2S. The summed E-state index contributed by atoms with van der Waals surface area (Å²) in [5.41, 5.74) is 0.872. The van der Waals surface area contributed by atoms with Crippen molar-refractivity contribution in [3.63, 3.8) is 0 Å². The molecular weight excluding hydrogens is 198 g/mol. The molecule has 14 heavy (non-hydrogen) atoms. The molecule has 0 amide bonds. The van der Waals surface area contributed by atoms with Crippen LogP contribution in [0.1, 0.15) is 5.56 Å². The highest BCUT2D eigenvalue weighted by Gasteiger charge is 1.98. The van der Waals surface area contributed by atoms with E-state index in [2.05, 4.69) is 4.98 Å². The van der Waals surface area contributed by atoms with Crippen molar-refractivity contribution in [2.45, 2.75) is 6.61 Å². The Hall–Kier alpha value is -1.39. The van der Waals surface area contributed by atoms with Crippen molar-refractivity contribution in [2.24, 2.45) is 0 Å². The zero-order chi connectivity index (χ0) is 9.80. The van der Waals surface area contributed by atoms with E-state index in [0.717, 1.165) is 11.3 Å². The van der Waals surface area contributed by atoms with Gasteiger partial charge >= 0.3 is 0 Å². The van der Waals surface area contributed by atoms with E-state index >= 15 is 0 Å². The standard InChI is InChI=1S/C10H9NO2S/c12-7-8-1-3-9(4-2-8)13-10-11-5-6-14-10/h1-6,12H,7H2. The Bertz CT molecular complexity index is 383. The average Bonchev–Trinajstić information content (AvgIpc) is 2.72. The molecule has 1 aromatic carbocycles. The zero-order valence-electron chi connectivity index (χ0n) is 7.38. The normalized spacial score (nSPS) is 10.1. The van der Waals surface area contributed by atoms with Gasteiger partial charge in [0.25, 0.3) is 5.19 Å².